The van der Waals surface area contributed by atoms with Crippen LogP contribution in [-0.2, 0) is 21.2 Å². The number of sulfonamides is 1. The average molecular weight is 330 g/mol. The smallest absolute Gasteiger partial charge is 0.266 e. The highest BCUT2D eigenvalue weighted by Crippen LogP contribution is 2.28. The first-order valence-corrected chi connectivity index (χ1v) is 9.17. The molecule has 0 bridgehead atoms. The SMILES string of the molecule is CCCC1CC(=O)N(S(=O)(=O)c2ccc(CCCl)cc2)C1. The predicted octanol–water partition coefficient (Wildman–Crippen LogP) is 2.81. The van der Waals surface area contributed by atoms with Gasteiger partial charge in [0.2, 0.25) is 5.91 Å². The Morgan fingerprint density at radius 2 is 1.95 bits per heavy atom. The van der Waals surface area contributed by atoms with Gasteiger partial charge in [0.15, 0.2) is 0 Å². The first-order valence-electron chi connectivity index (χ1n) is 7.19. The second kappa shape index (κ2) is 6.79. The molecule has 0 aliphatic carbocycles. The third-order valence-corrected chi connectivity index (χ3v) is 5.75. The summed E-state index contributed by atoms with van der Waals surface area (Å²) in [5.41, 5.74) is 0.987. The van der Waals surface area contributed by atoms with Gasteiger partial charge < -0.3 is 0 Å². The second-order valence-electron chi connectivity index (χ2n) is 5.37. The van der Waals surface area contributed by atoms with Gasteiger partial charge in [-0.05, 0) is 36.5 Å². The third-order valence-electron chi connectivity index (χ3n) is 3.76. The normalized spacial score (nSPS) is 19.2. The highest BCUT2D eigenvalue weighted by molar-refractivity contribution is 7.89. The number of hydrogen-bond donors (Lipinski definition) is 0. The van der Waals surface area contributed by atoms with Crippen molar-refractivity contribution in [2.45, 2.75) is 37.5 Å². The fourth-order valence-corrected chi connectivity index (χ4v) is 4.35. The number of aryl methyl sites for hydroxylation is 1. The molecular weight excluding hydrogens is 310 g/mol. The Bertz CT molecular complexity index is 598. The summed E-state index contributed by atoms with van der Waals surface area (Å²) >= 11 is 5.66. The fourth-order valence-electron chi connectivity index (χ4n) is 2.65. The summed E-state index contributed by atoms with van der Waals surface area (Å²) in [5.74, 6) is 0.348. The summed E-state index contributed by atoms with van der Waals surface area (Å²) < 4.78 is 26.1. The molecule has 1 atom stereocenters. The maximum absolute atomic E-state index is 12.5. The maximum atomic E-state index is 12.5. The van der Waals surface area contributed by atoms with Crippen molar-refractivity contribution >= 4 is 27.5 Å². The standard InChI is InChI=1S/C15H20ClNO3S/c1-2-3-13-10-15(18)17(11-13)21(19,20)14-6-4-12(5-7-14)8-9-16/h4-7,13H,2-3,8-11H2,1H3. The van der Waals surface area contributed by atoms with Crippen LogP contribution in [0.4, 0.5) is 0 Å². The lowest BCUT2D eigenvalue weighted by atomic mass is 10.0. The molecular formula is C15H20ClNO3S. The summed E-state index contributed by atoms with van der Waals surface area (Å²) in [4.78, 5) is 12.2. The molecule has 4 nitrogen and oxygen atoms in total. The van der Waals surface area contributed by atoms with Crippen LogP contribution in [0.5, 0.6) is 0 Å². The Labute approximate surface area is 131 Å². The number of amides is 1. The molecule has 1 aromatic rings. The van der Waals surface area contributed by atoms with Crippen molar-refractivity contribution in [3.63, 3.8) is 0 Å². The third kappa shape index (κ3) is 3.58. The van der Waals surface area contributed by atoms with Crippen molar-refractivity contribution in [2.24, 2.45) is 5.92 Å². The maximum Gasteiger partial charge on any atom is 0.266 e. The summed E-state index contributed by atoms with van der Waals surface area (Å²) in [5, 5.41) is 0. The molecule has 1 amide bonds. The van der Waals surface area contributed by atoms with Gasteiger partial charge in [0.25, 0.3) is 10.0 Å². The molecule has 6 heteroatoms. The Morgan fingerprint density at radius 1 is 1.29 bits per heavy atom. The molecule has 0 aromatic heterocycles. The predicted molar refractivity (Wildman–Crippen MR) is 82.8 cm³/mol. The minimum absolute atomic E-state index is 0.146. The summed E-state index contributed by atoms with van der Waals surface area (Å²) in [7, 11) is -3.72. The van der Waals surface area contributed by atoms with Gasteiger partial charge in [0.1, 0.15) is 0 Å². The highest BCUT2D eigenvalue weighted by atomic mass is 35.5. The van der Waals surface area contributed by atoms with E-state index in [9.17, 15) is 13.2 Å². The van der Waals surface area contributed by atoms with E-state index in [-0.39, 0.29) is 16.7 Å². The van der Waals surface area contributed by atoms with E-state index >= 15 is 0 Å². The van der Waals surface area contributed by atoms with Crippen molar-refractivity contribution in [2.75, 3.05) is 12.4 Å². The zero-order valence-corrected chi connectivity index (χ0v) is 13.7. The minimum atomic E-state index is -3.72. The Hall–Kier alpha value is -1.07. The molecule has 0 N–H and O–H groups in total. The monoisotopic (exact) mass is 329 g/mol. The molecule has 1 aliphatic rings. The van der Waals surface area contributed by atoms with Gasteiger partial charge >= 0.3 is 0 Å². The lowest BCUT2D eigenvalue weighted by molar-refractivity contribution is -0.123. The van der Waals surface area contributed by atoms with Gasteiger partial charge in [-0.3, -0.25) is 4.79 Å². The zero-order chi connectivity index (χ0) is 15.5. The lowest BCUT2D eigenvalue weighted by Crippen LogP contribution is -2.32. The molecule has 1 heterocycles. The van der Waals surface area contributed by atoms with Crippen LogP contribution in [-0.4, -0.2) is 31.1 Å². The molecule has 21 heavy (non-hydrogen) atoms. The molecule has 2 rings (SSSR count). The molecule has 1 aliphatic heterocycles. The van der Waals surface area contributed by atoms with Crippen molar-refractivity contribution < 1.29 is 13.2 Å². The largest absolute Gasteiger partial charge is 0.274 e. The molecule has 1 unspecified atom stereocenters. The van der Waals surface area contributed by atoms with Gasteiger partial charge in [-0.15, -0.1) is 11.6 Å². The number of halogens is 1. The van der Waals surface area contributed by atoms with Crippen LogP contribution in [0.1, 0.15) is 31.7 Å². The fraction of sp³-hybridized carbons (Fsp3) is 0.533. The van der Waals surface area contributed by atoms with Crippen molar-refractivity contribution in [1.82, 2.24) is 4.31 Å². The first kappa shape index (κ1) is 16.3. The molecule has 1 fully saturated rings. The Balaban J connectivity index is 2.19. The first-order chi connectivity index (χ1) is 9.98. The van der Waals surface area contributed by atoms with Crippen molar-refractivity contribution in [3.05, 3.63) is 29.8 Å². The van der Waals surface area contributed by atoms with E-state index in [1.165, 1.54) is 0 Å². The topological polar surface area (TPSA) is 54.5 Å². The number of carbonyl (C=O) groups is 1. The number of alkyl halides is 1. The van der Waals surface area contributed by atoms with Crippen LogP contribution in [0.2, 0.25) is 0 Å². The van der Waals surface area contributed by atoms with E-state index in [0.717, 1.165) is 22.7 Å². The summed E-state index contributed by atoms with van der Waals surface area (Å²) in [6.07, 6.45) is 2.87. The number of nitrogens with zero attached hydrogens (tertiary/aromatic N) is 1. The van der Waals surface area contributed by atoms with Crippen LogP contribution < -0.4 is 0 Å². The average Bonchev–Trinajstić information content (AvgIpc) is 2.82. The minimum Gasteiger partial charge on any atom is -0.274 e. The molecule has 1 saturated heterocycles. The van der Waals surface area contributed by atoms with E-state index in [1.807, 2.05) is 6.92 Å². The van der Waals surface area contributed by atoms with Crippen LogP contribution >= 0.6 is 11.6 Å². The zero-order valence-electron chi connectivity index (χ0n) is 12.1. The summed E-state index contributed by atoms with van der Waals surface area (Å²) in [6, 6.07) is 6.61. The van der Waals surface area contributed by atoms with Gasteiger partial charge in [-0.2, -0.15) is 0 Å². The van der Waals surface area contributed by atoms with Crippen LogP contribution in [0.25, 0.3) is 0 Å². The van der Waals surface area contributed by atoms with E-state index in [0.29, 0.717) is 25.3 Å². The van der Waals surface area contributed by atoms with Gasteiger partial charge in [-0.1, -0.05) is 25.5 Å². The molecule has 0 spiro atoms. The van der Waals surface area contributed by atoms with Gasteiger partial charge in [-0.25, -0.2) is 12.7 Å². The Kier molecular flexibility index (Phi) is 5.27. The number of benzene rings is 1. The number of rotatable bonds is 6. The quantitative estimate of drug-likeness (QED) is 0.754. The molecule has 0 radical (unpaired) electrons. The van der Waals surface area contributed by atoms with Gasteiger partial charge in [0, 0.05) is 18.8 Å². The van der Waals surface area contributed by atoms with Crippen molar-refractivity contribution in [3.8, 4) is 0 Å². The highest BCUT2D eigenvalue weighted by Gasteiger charge is 2.37. The van der Waals surface area contributed by atoms with Crippen LogP contribution in [0.15, 0.2) is 29.2 Å². The van der Waals surface area contributed by atoms with E-state index < -0.39 is 10.0 Å². The Morgan fingerprint density at radius 3 is 2.52 bits per heavy atom. The molecule has 1 aromatic carbocycles. The van der Waals surface area contributed by atoms with Crippen molar-refractivity contribution in [1.29, 1.82) is 0 Å². The summed E-state index contributed by atoms with van der Waals surface area (Å²) in [6.45, 7) is 2.34. The lowest BCUT2D eigenvalue weighted by Gasteiger charge is -2.17. The molecule has 116 valence electrons. The second-order valence-corrected chi connectivity index (χ2v) is 7.61. The van der Waals surface area contributed by atoms with E-state index in [2.05, 4.69) is 0 Å². The van der Waals surface area contributed by atoms with E-state index in [4.69, 9.17) is 11.6 Å². The van der Waals surface area contributed by atoms with Crippen LogP contribution in [0.3, 0.4) is 0 Å². The molecule has 0 saturated carbocycles. The van der Waals surface area contributed by atoms with Gasteiger partial charge in [0.05, 0.1) is 4.90 Å². The number of hydrogen-bond acceptors (Lipinski definition) is 3. The van der Waals surface area contributed by atoms with Crippen LogP contribution in [0, 0.1) is 5.92 Å². The number of carbonyl (C=O) groups excluding carboxylic acids is 1. The van der Waals surface area contributed by atoms with E-state index in [1.54, 1.807) is 24.3 Å².